The Kier molecular flexibility index (Phi) is 3.09. The van der Waals surface area contributed by atoms with E-state index in [0.29, 0.717) is 23.2 Å². The van der Waals surface area contributed by atoms with Gasteiger partial charge in [-0.3, -0.25) is 9.78 Å². The van der Waals surface area contributed by atoms with Crippen molar-refractivity contribution in [2.75, 3.05) is 0 Å². The third-order valence-corrected chi connectivity index (χ3v) is 2.88. The number of benzene rings is 1. The number of halogens is 1. The number of hydrogen-bond donors (Lipinski definition) is 0. The SMILES string of the molecule is O=Cc1cn(-c2ccccc2F)nc1-c1ccccn1. The number of para-hydroxylation sites is 1. The first-order valence-electron chi connectivity index (χ1n) is 6.01. The second-order valence-electron chi connectivity index (χ2n) is 4.16. The Morgan fingerprint density at radius 2 is 1.90 bits per heavy atom. The van der Waals surface area contributed by atoms with Crippen molar-refractivity contribution in [2.45, 2.75) is 0 Å². The number of pyridine rings is 1. The van der Waals surface area contributed by atoms with Crippen LogP contribution in [0.2, 0.25) is 0 Å². The Morgan fingerprint density at radius 3 is 2.60 bits per heavy atom. The average Bonchev–Trinajstić information content (AvgIpc) is 2.92. The molecule has 20 heavy (non-hydrogen) atoms. The van der Waals surface area contributed by atoms with Crippen molar-refractivity contribution in [3.05, 3.63) is 66.2 Å². The molecule has 98 valence electrons. The van der Waals surface area contributed by atoms with Crippen LogP contribution in [0.3, 0.4) is 0 Å². The van der Waals surface area contributed by atoms with E-state index in [4.69, 9.17) is 0 Å². The van der Waals surface area contributed by atoms with Gasteiger partial charge < -0.3 is 0 Å². The first-order chi connectivity index (χ1) is 9.79. The molecule has 0 radical (unpaired) electrons. The van der Waals surface area contributed by atoms with Crippen LogP contribution in [0.15, 0.2) is 54.9 Å². The Morgan fingerprint density at radius 1 is 1.10 bits per heavy atom. The van der Waals surface area contributed by atoms with Crippen LogP contribution in [-0.2, 0) is 0 Å². The summed E-state index contributed by atoms with van der Waals surface area (Å²) in [6.07, 6.45) is 3.80. The van der Waals surface area contributed by atoms with E-state index < -0.39 is 5.82 Å². The van der Waals surface area contributed by atoms with Crippen LogP contribution in [0.5, 0.6) is 0 Å². The number of nitrogens with zero attached hydrogens (tertiary/aromatic N) is 3. The molecular formula is C15H10FN3O. The van der Waals surface area contributed by atoms with Crippen molar-refractivity contribution in [3.8, 4) is 17.1 Å². The highest BCUT2D eigenvalue weighted by Crippen LogP contribution is 2.21. The Labute approximate surface area is 114 Å². The van der Waals surface area contributed by atoms with Gasteiger partial charge in [0.2, 0.25) is 0 Å². The number of aromatic nitrogens is 3. The highest BCUT2D eigenvalue weighted by Gasteiger charge is 2.14. The Balaban J connectivity index is 2.15. The highest BCUT2D eigenvalue weighted by molar-refractivity contribution is 5.84. The minimum atomic E-state index is -0.403. The number of hydrogen-bond acceptors (Lipinski definition) is 3. The third-order valence-electron chi connectivity index (χ3n) is 2.88. The zero-order chi connectivity index (χ0) is 13.9. The van der Waals surface area contributed by atoms with Crippen molar-refractivity contribution in [3.63, 3.8) is 0 Å². The van der Waals surface area contributed by atoms with Crippen LogP contribution in [0.25, 0.3) is 17.1 Å². The van der Waals surface area contributed by atoms with Crippen molar-refractivity contribution in [1.29, 1.82) is 0 Å². The molecule has 0 saturated carbocycles. The maximum absolute atomic E-state index is 13.8. The molecule has 0 bridgehead atoms. The van der Waals surface area contributed by atoms with Gasteiger partial charge in [0.1, 0.15) is 17.2 Å². The summed E-state index contributed by atoms with van der Waals surface area (Å²) in [6, 6.07) is 11.6. The molecular weight excluding hydrogens is 257 g/mol. The van der Waals surface area contributed by atoms with Crippen LogP contribution in [0.1, 0.15) is 10.4 Å². The molecule has 0 atom stereocenters. The molecule has 0 saturated heterocycles. The van der Waals surface area contributed by atoms with Gasteiger partial charge in [-0.15, -0.1) is 0 Å². The summed E-state index contributed by atoms with van der Waals surface area (Å²) in [5.41, 5.74) is 1.67. The van der Waals surface area contributed by atoms with Crippen molar-refractivity contribution >= 4 is 6.29 Å². The first kappa shape index (κ1) is 12.2. The molecule has 0 spiro atoms. The van der Waals surface area contributed by atoms with E-state index in [-0.39, 0.29) is 5.69 Å². The maximum Gasteiger partial charge on any atom is 0.153 e. The lowest BCUT2D eigenvalue weighted by Crippen LogP contribution is -1.98. The number of carbonyl (C=O) groups excluding carboxylic acids is 1. The largest absolute Gasteiger partial charge is 0.298 e. The zero-order valence-electron chi connectivity index (χ0n) is 10.4. The molecule has 0 fully saturated rings. The summed E-state index contributed by atoms with van der Waals surface area (Å²) < 4.78 is 15.1. The zero-order valence-corrected chi connectivity index (χ0v) is 10.4. The maximum atomic E-state index is 13.8. The quantitative estimate of drug-likeness (QED) is 0.685. The second kappa shape index (κ2) is 5.05. The van der Waals surface area contributed by atoms with Gasteiger partial charge in [-0.2, -0.15) is 5.10 Å². The van der Waals surface area contributed by atoms with Gasteiger partial charge in [0.25, 0.3) is 0 Å². The summed E-state index contributed by atoms with van der Waals surface area (Å²) in [5.74, 6) is -0.403. The first-order valence-corrected chi connectivity index (χ1v) is 6.01. The van der Waals surface area contributed by atoms with E-state index >= 15 is 0 Å². The predicted molar refractivity (Wildman–Crippen MR) is 72.1 cm³/mol. The number of carbonyl (C=O) groups is 1. The molecule has 1 aromatic carbocycles. The van der Waals surface area contributed by atoms with E-state index in [2.05, 4.69) is 10.1 Å². The van der Waals surface area contributed by atoms with Gasteiger partial charge in [-0.1, -0.05) is 18.2 Å². The van der Waals surface area contributed by atoms with E-state index in [1.165, 1.54) is 16.9 Å². The van der Waals surface area contributed by atoms with Crippen molar-refractivity contribution in [2.24, 2.45) is 0 Å². The fraction of sp³-hybridized carbons (Fsp3) is 0. The van der Waals surface area contributed by atoms with Gasteiger partial charge in [0.05, 0.1) is 11.3 Å². The minimum Gasteiger partial charge on any atom is -0.298 e. The topological polar surface area (TPSA) is 47.8 Å². The Bertz CT molecular complexity index is 753. The molecule has 4 nitrogen and oxygen atoms in total. The fourth-order valence-electron chi connectivity index (χ4n) is 1.94. The van der Waals surface area contributed by atoms with Crippen molar-refractivity contribution in [1.82, 2.24) is 14.8 Å². The standard InChI is InChI=1S/C15H10FN3O/c16-12-5-1-2-7-14(12)19-9-11(10-20)15(18-19)13-6-3-4-8-17-13/h1-10H. The predicted octanol–water partition coefficient (Wildman–Crippen LogP) is 2.89. The molecule has 0 aliphatic heterocycles. The van der Waals surface area contributed by atoms with E-state index in [0.717, 1.165) is 0 Å². The summed E-state index contributed by atoms with van der Waals surface area (Å²) >= 11 is 0. The lowest BCUT2D eigenvalue weighted by Gasteiger charge is -2.01. The molecule has 2 heterocycles. The van der Waals surface area contributed by atoms with Crippen LogP contribution in [0, 0.1) is 5.82 Å². The minimum absolute atomic E-state index is 0.290. The van der Waals surface area contributed by atoms with Crippen LogP contribution in [0.4, 0.5) is 4.39 Å². The van der Waals surface area contributed by atoms with Gasteiger partial charge in [0.15, 0.2) is 6.29 Å². The van der Waals surface area contributed by atoms with Crippen LogP contribution >= 0.6 is 0 Å². The summed E-state index contributed by atoms with van der Waals surface area (Å²) in [6.45, 7) is 0. The lowest BCUT2D eigenvalue weighted by atomic mass is 10.2. The van der Waals surface area contributed by atoms with Crippen LogP contribution < -0.4 is 0 Å². The van der Waals surface area contributed by atoms with E-state index in [1.54, 1.807) is 42.6 Å². The molecule has 0 N–H and O–H groups in total. The molecule has 0 unspecified atom stereocenters. The number of aldehydes is 1. The molecule has 3 aromatic rings. The van der Waals surface area contributed by atoms with E-state index in [1.807, 2.05) is 0 Å². The van der Waals surface area contributed by atoms with Crippen LogP contribution in [-0.4, -0.2) is 21.1 Å². The third kappa shape index (κ3) is 2.09. The smallest absolute Gasteiger partial charge is 0.153 e. The molecule has 5 heteroatoms. The highest BCUT2D eigenvalue weighted by atomic mass is 19.1. The van der Waals surface area contributed by atoms with Gasteiger partial charge in [-0.05, 0) is 24.3 Å². The molecule has 0 amide bonds. The lowest BCUT2D eigenvalue weighted by molar-refractivity contribution is 0.112. The molecule has 3 rings (SSSR count). The number of rotatable bonds is 3. The van der Waals surface area contributed by atoms with Crippen molar-refractivity contribution < 1.29 is 9.18 Å². The Hall–Kier alpha value is -2.82. The summed E-state index contributed by atoms with van der Waals surface area (Å²) in [4.78, 5) is 15.3. The molecule has 2 aromatic heterocycles. The van der Waals surface area contributed by atoms with Gasteiger partial charge in [0, 0.05) is 12.4 Å². The summed E-state index contributed by atoms with van der Waals surface area (Å²) in [7, 11) is 0. The normalized spacial score (nSPS) is 10.4. The van der Waals surface area contributed by atoms with E-state index in [9.17, 15) is 9.18 Å². The monoisotopic (exact) mass is 267 g/mol. The second-order valence-corrected chi connectivity index (χ2v) is 4.16. The fourth-order valence-corrected chi connectivity index (χ4v) is 1.94. The summed E-state index contributed by atoms with van der Waals surface area (Å²) in [5, 5.41) is 4.27. The molecule has 0 aliphatic rings. The van der Waals surface area contributed by atoms with Gasteiger partial charge >= 0.3 is 0 Å². The average molecular weight is 267 g/mol. The molecule has 0 aliphatic carbocycles. The van der Waals surface area contributed by atoms with Gasteiger partial charge in [-0.25, -0.2) is 9.07 Å².